The van der Waals surface area contributed by atoms with Crippen molar-refractivity contribution in [1.82, 2.24) is 9.88 Å². The maximum atomic E-state index is 12.8. The second-order valence-corrected chi connectivity index (χ2v) is 7.37. The number of benzene rings is 2. The SMILES string of the molecule is O=C(c1ccc2c(c1)OCO2)N1CCC(Cc2c[nH]c3ccccc23)CC1. The lowest BCUT2D eigenvalue weighted by Crippen LogP contribution is -2.38. The van der Waals surface area contributed by atoms with Crippen molar-refractivity contribution in [2.45, 2.75) is 19.3 Å². The van der Waals surface area contributed by atoms with Crippen molar-refractivity contribution in [3.63, 3.8) is 0 Å². The van der Waals surface area contributed by atoms with Crippen LogP contribution in [-0.2, 0) is 6.42 Å². The Balaban J connectivity index is 1.23. The number of para-hydroxylation sites is 1. The number of fused-ring (bicyclic) bond motifs is 2. The van der Waals surface area contributed by atoms with Gasteiger partial charge in [0.15, 0.2) is 11.5 Å². The molecule has 0 spiro atoms. The molecule has 5 rings (SSSR count). The van der Waals surface area contributed by atoms with Gasteiger partial charge < -0.3 is 19.4 Å². The Morgan fingerprint density at radius 1 is 1.07 bits per heavy atom. The van der Waals surface area contributed by atoms with E-state index in [1.54, 1.807) is 6.07 Å². The summed E-state index contributed by atoms with van der Waals surface area (Å²) in [6.45, 7) is 1.84. The van der Waals surface area contributed by atoms with Crippen molar-refractivity contribution < 1.29 is 14.3 Å². The van der Waals surface area contributed by atoms with Crippen LogP contribution < -0.4 is 9.47 Å². The highest BCUT2D eigenvalue weighted by Crippen LogP contribution is 2.33. The molecule has 0 saturated carbocycles. The number of rotatable bonds is 3. The van der Waals surface area contributed by atoms with Gasteiger partial charge >= 0.3 is 0 Å². The van der Waals surface area contributed by atoms with E-state index in [2.05, 4.69) is 35.4 Å². The highest BCUT2D eigenvalue weighted by Gasteiger charge is 2.25. The number of carbonyl (C=O) groups is 1. The molecular formula is C22H22N2O3. The monoisotopic (exact) mass is 362 g/mol. The van der Waals surface area contributed by atoms with Gasteiger partial charge in [-0.3, -0.25) is 4.79 Å². The molecule has 5 nitrogen and oxygen atoms in total. The number of H-pyrrole nitrogens is 1. The number of nitrogens with one attached hydrogen (secondary N) is 1. The first-order chi connectivity index (χ1) is 13.3. The van der Waals surface area contributed by atoms with Crippen LogP contribution >= 0.6 is 0 Å². The van der Waals surface area contributed by atoms with Gasteiger partial charge in [-0.15, -0.1) is 0 Å². The highest BCUT2D eigenvalue weighted by atomic mass is 16.7. The van der Waals surface area contributed by atoms with E-state index < -0.39 is 0 Å². The van der Waals surface area contributed by atoms with Crippen molar-refractivity contribution >= 4 is 16.8 Å². The van der Waals surface area contributed by atoms with E-state index >= 15 is 0 Å². The Labute approximate surface area is 157 Å². The topological polar surface area (TPSA) is 54.6 Å². The van der Waals surface area contributed by atoms with Gasteiger partial charge in [-0.05, 0) is 55.0 Å². The number of nitrogens with zero attached hydrogens (tertiary/aromatic N) is 1. The van der Waals surface area contributed by atoms with Gasteiger partial charge in [-0.2, -0.15) is 0 Å². The largest absolute Gasteiger partial charge is 0.454 e. The molecule has 1 N–H and O–H groups in total. The number of aromatic nitrogens is 1. The Hall–Kier alpha value is -2.95. The van der Waals surface area contributed by atoms with E-state index in [0.29, 0.717) is 23.0 Å². The summed E-state index contributed by atoms with van der Waals surface area (Å²) in [5.41, 5.74) is 3.25. The van der Waals surface area contributed by atoms with Crippen LogP contribution in [0.3, 0.4) is 0 Å². The summed E-state index contributed by atoms with van der Waals surface area (Å²) in [5.74, 6) is 2.07. The molecule has 1 amide bonds. The van der Waals surface area contributed by atoms with Gasteiger partial charge in [0.25, 0.3) is 5.91 Å². The van der Waals surface area contributed by atoms with Gasteiger partial charge in [0.2, 0.25) is 6.79 Å². The molecule has 1 aromatic heterocycles. The van der Waals surface area contributed by atoms with Crippen LogP contribution in [0, 0.1) is 5.92 Å². The normalized spacial score (nSPS) is 16.8. The molecule has 0 radical (unpaired) electrons. The summed E-state index contributed by atoms with van der Waals surface area (Å²) in [4.78, 5) is 18.1. The Morgan fingerprint density at radius 3 is 2.78 bits per heavy atom. The fourth-order valence-corrected chi connectivity index (χ4v) is 4.16. The van der Waals surface area contributed by atoms with Crippen LogP contribution in [0.5, 0.6) is 11.5 Å². The Bertz CT molecular complexity index is 986. The number of hydrogen-bond acceptors (Lipinski definition) is 3. The number of ether oxygens (including phenoxy) is 2. The quantitative estimate of drug-likeness (QED) is 0.766. The molecule has 2 aliphatic heterocycles. The maximum Gasteiger partial charge on any atom is 0.253 e. The Morgan fingerprint density at radius 2 is 1.89 bits per heavy atom. The second kappa shape index (κ2) is 6.65. The van der Waals surface area contributed by atoms with E-state index in [1.165, 1.54) is 16.5 Å². The first-order valence-corrected chi connectivity index (χ1v) is 9.52. The minimum absolute atomic E-state index is 0.0823. The predicted octanol–water partition coefficient (Wildman–Crippen LogP) is 3.99. The van der Waals surface area contributed by atoms with Crippen molar-refractivity contribution in [2.75, 3.05) is 19.9 Å². The molecule has 3 aromatic rings. The predicted molar refractivity (Wildman–Crippen MR) is 103 cm³/mol. The molecule has 3 heterocycles. The molecule has 2 aromatic carbocycles. The third-order valence-corrected chi connectivity index (χ3v) is 5.70. The van der Waals surface area contributed by atoms with Gasteiger partial charge in [0.1, 0.15) is 0 Å². The van der Waals surface area contributed by atoms with Gasteiger partial charge in [0.05, 0.1) is 0 Å². The lowest BCUT2D eigenvalue weighted by atomic mass is 9.90. The number of piperidine rings is 1. The van der Waals surface area contributed by atoms with Crippen LogP contribution in [-0.4, -0.2) is 35.7 Å². The smallest absolute Gasteiger partial charge is 0.253 e. The zero-order valence-corrected chi connectivity index (χ0v) is 15.1. The first-order valence-electron chi connectivity index (χ1n) is 9.52. The molecular weight excluding hydrogens is 340 g/mol. The van der Waals surface area contributed by atoms with Crippen molar-refractivity contribution in [3.05, 3.63) is 59.8 Å². The van der Waals surface area contributed by atoms with Crippen LogP contribution in [0.4, 0.5) is 0 Å². The molecule has 1 fully saturated rings. The summed E-state index contributed by atoms with van der Waals surface area (Å²) in [7, 11) is 0. The molecule has 1 saturated heterocycles. The number of carbonyl (C=O) groups excluding carboxylic acids is 1. The lowest BCUT2D eigenvalue weighted by Gasteiger charge is -2.32. The standard InChI is InChI=1S/C22H22N2O3/c25-22(16-5-6-20-21(12-16)27-14-26-20)24-9-7-15(8-10-24)11-17-13-23-19-4-2-1-3-18(17)19/h1-6,12-13,15,23H,7-11,14H2. The molecule has 0 atom stereocenters. The zero-order valence-electron chi connectivity index (χ0n) is 15.1. The molecule has 138 valence electrons. The van der Waals surface area contributed by atoms with Gasteiger partial charge in [0, 0.05) is 35.8 Å². The summed E-state index contributed by atoms with van der Waals surface area (Å²) < 4.78 is 10.7. The summed E-state index contributed by atoms with van der Waals surface area (Å²) >= 11 is 0. The number of aromatic amines is 1. The summed E-state index contributed by atoms with van der Waals surface area (Å²) in [6.07, 6.45) is 5.27. The number of hydrogen-bond donors (Lipinski definition) is 1. The minimum Gasteiger partial charge on any atom is -0.454 e. The molecule has 5 heteroatoms. The van der Waals surface area contributed by atoms with E-state index in [1.807, 2.05) is 17.0 Å². The van der Waals surface area contributed by atoms with E-state index in [9.17, 15) is 4.79 Å². The highest BCUT2D eigenvalue weighted by molar-refractivity contribution is 5.95. The summed E-state index contributed by atoms with van der Waals surface area (Å²) in [5, 5.41) is 1.32. The van der Waals surface area contributed by atoms with Crippen molar-refractivity contribution in [2.24, 2.45) is 5.92 Å². The number of amides is 1. The van der Waals surface area contributed by atoms with E-state index in [0.717, 1.165) is 32.4 Å². The molecule has 0 unspecified atom stereocenters. The van der Waals surface area contributed by atoms with Gasteiger partial charge in [-0.25, -0.2) is 0 Å². The molecule has 0 aliphatic carbocycles. The zero-order chi connectivity index (χ0) is 18.2. The first kappa shape index (κ1) is 16.2. The van der Waals surface area contributed by atoms with E-state index in [4.69, 9.17) is 9.47 Å². The van der Waals surface area contributed by atoms with E-state index in [-0.39, 0.29) is 12.7 Å². The van der Waals surface area contributed by atoms with Crippen LogP contribution in [0.2, 0.25) is 0 Å². The van der Waals surface area contributed by atoms with Crippen molar-refractivity contribution in [1.29, 1.82) is 0 Å². The molecule has 2 aliphatic rings. The van der Waals surface area contributed by atoms with Crippen LogP contribution in [0.1, 0.15) is 28.8 Å². The second-order valence-electron chi connectivity index (χ2n) is 7.37. The van der Waals surface area contributed by atoms with Crippen LogP contribution in [0.25, 0.3) is 10.9 Å². The molecule has 0 bridgehead atoms. The fourth-order valence-electron chi connectivity index (χ4n) is 4.16. The van der Waals surface area contributed by atoms with Crippen LogP contribution in [0.15, 0.2) is 48.7 Å². The van der Waals surface area contributed by atoms with Gasteiger partial charge in [-0.1, -0.05) is 18.2 Å². The third-order valence-electron chi connectivity index (χ3n) is 5.70. The lowest BCUT2D eigenvalue weighted by molar-refractivity contribution is 0.0690. The third kappa shape index (κ3) is 3.03. The average Bonchev–Trinajstić information content (AvgIpc) is 3.35. The summed E-state index contributed by atoms with van der Waals surface area (Å²) in [6, 6.07) is 13.9. The fraction of sp³-hybridized carbons (Fsp3) is 0.318. The maximum absolute atomic E-state index is 12.8. The molecule has 27 heavy (non-hydrogen) atoms. The minimum atomic E-state index is 0.0823. The van der Waals surface area contributed by atoms with Crippen molar-refractivity contribution in [3.8, 4) is 11.5 Å². The average molecular weight is 362 g/mol. The number of likely N-dealkylation sites (tertiary alicyclic amines) is 1. The Kier molecular flexibility index (Phi) is 4.00.